The number of anilines is 4. The Labute approximate surface area is 874 Å². The average molecular weight is 2100 g/mol. The van der Waals surface area contributed by atoms with Crippen molar-refractivity contribution in [2.24, 2.45) is 22.7 Å². The Morgan fingerprint density at radius 3 is 1.26 bits per heavy atom. The predicted octanol–water partition coefficient (Wildman–Crippen LogP) is 15.9. The zero-order valence-corrected chi connectivity index (χ0v) is 89.8. The number of halogens is 2. The summed E-state index contributed by atoms with van der Waals surface area (Å²) in [5.41, 5.74) is 22.6. The minimum absolute atomic E-state index is 0. The molecular formula is C108H131Br2LiN18O12S2. The number of aliphatic hydroxyl groups excluding tert-OH is 1. The first-order chi connectivity index (χ1) is 67.3. The van der Waals surface area contributed by atoms with E-state index in [9.17, 15) is 38.7 Å². The molecule has 0 aliphatic carbocycles. The molecule has 4 saturated heterocycles. The standard InChI is InChI=1S/C55H66BrN9O6S.C53H64BrN9O5S.Li.H2O/c1-33-10-11-42(50-35(3)61-71-37(50)5)26-47(33)64(43-16-17-46(45(56)27-43)63-25-21-57-31-63)24-20-39-18-22-62(23-19-39)30-49(67)60-52(55(7,8)9)54(69)65-29-44(70-38(6)66)28-48(65)53(68)59-34(2)40-12-14-41(15-13-40)51-36(4)58-32-72-51;1-32-9-10-40(48-34(3)59-68-36(48)5)25-45(32)62(41-15-16-44(43(54)26-41)61-24-20-55-30-61)23-19-37-17-21-60(22-18-37)29-47(65)58-50(53(6,7)8)52(67)63-28-42(64)27-46(63)51(66)57-33(2)38-11-13-39(14-12-38)49-35(4)56-31-69-49;;/h10-17,21,25-27,31-32,34,39,44,48,52H,18-20,22-24,28-30H2,1-9H3,(H,59,68)(H,60,67);9-16,20,24-26,30-31,33,37,42,46,50,64H,17-19,21-23,27-29H2,1-8H3,(H,57,66)(H,58,65);;1H2/q;;+1;/p-1/t34-,44+,48-,52+;33-,42+,46-,50+;;/m00../s1. The number of imidazole rings is 2. The summed E-state index contributed by atoms with van der Waals surface area (Å²) in [4.78, 5) is 128. The minimum atomic E-state index is -0.936. The Hall–Kier alpha value is -11.3. The zero-order chi connectivity index (χ0) is 101. The van der Waals surface area contributed by atoms with Crippen LogP contribution in [-0.4, -0.2) is 213 Å². The minimum Gasteiger partial charge on any atom is -0.870 e. The van der Waals surface area contributed by atoms with E-state index < -0.39 is 53.2 Å². The molecule has 30 nitrogen and oxygen atoms in total. The smallest absolute Gasteiger partial charge is 0.870 e. The van der Waals surface area contributed by atoms with E-state index in [1.54, 1.807) is 47.7 Å². The van der Waals surface area contributed by atoms with Gasteiger partial charge in [0.05, 0.1) is 105 Å². The predicted molar refractivity (Wildman–Crippen MR) is 561 cm³/mol. The number of amides is 6. The van der Waals surface area contributed by atoms with Gasteiger partial charge in [-0.25, -0.2) is 19.9 Å². The van der Waals surface area contributed by atoms with E-state index in [-0.39, 0.29) is 111 Å². The second-order valence-electron chi connectivity index (χ2n) is 40.3. The zero-order valence-electron chi connectivity index (χ0n) is 85.0. The van der Waals surface area contributed by atoms with Crippen molar-refractivity contribution >= 4 is 119 Å². The van der Waals surface area contributed by atoms with E-state index in [4.69, 9.17) is 13.8 Å². The largest absolute Gasteiger partial charge is 1.00 e. The number of nitrogens with one attached hydrogen (secondary N) is 4. The van der Waals surface area contributed by atoms with Gasteiger partial charge in [0.1, 0.15) is 41.8 Å². The fraction of sp³-hybridized carbons (Fsp3) is 0.435. The van der Waals surface area contributed by atoms with Crippen molar-refractivity contribution in [1.82, 2.24) is 80.3 Å². The van der Waals surface area contributed by atoms with Crippen LogP contribution in [0.1, 0.15) is 182 Å². The van der Waals surface area contributed by atoms with Crippen molar-refractivity contribution in [3.63, 3.8) is 0 Å². The van der Waals surface area contributed by atoms with Crippen molar-refractivity contribution in [2.75, 3.05) is 75.2 Å². The number of rotatable bonds is 31. The van der Waals surface area contributed by atoms with Gasteiger partial charge in [-0.2, -0.15) is 0 Å². The second-order valence-corrected chi connectivity index (χ2v) is 43.7. The molecule has 0 spiro atoms. The summed E-state index contributed by atoms with van der Waals surface area (Å²) in [7, 11) is 0. The normalized spacial score (nSPS) is 17.3. The number of β-amino-alcohol motifs (C(OH)–C–C–N with tert-alkyl or cyclic N) is 1. The number of thiazole rings is 2. The van der Waals surface area contributed by atoms with Gasteiger partial charge in [-0.3, -0.25) is 43.4 Å². The quantitative estimate of drug-likeness (QED) is 0.0199. The number of carbonyl (C=O) groups is 7. The maximum absolute atomic E-state index is 14.6. The number of likely N-dealkylation sites (tertiary alicyclic amines) is 4. The number of piperidine rings is 2. The van der Waals surface area contributed by atoms with Crippen molar-refractivity contribution in [3.8, 4) is 54.5 Å². The molecule has 4 fully saturated rings. The van der Waals surface area contributed by atoms with Crippen LogP contribution in [0.5, 0.6) is 0 Å². The third-order valence-corrected chi connectivity index (χ3v) is 31.0. The molecule has 12 aromatic rings. The van der Waals surface area contributed by atoms with Gasteiger partial charge >= 0.3 is 24.8 Å². The number of esters is 1. The van der Waals surface area contributed by atoms with Gasteiger partial charge in [0, 0.05) is 107 Å². The molecule has 10 heterocycles. The summed E-state index contributed by atoms with van der Waals surface area (Å²) in [6.45, 7) is 37.6. The molecule has 35 heteroatoms. The van der Waals surface area contributed by atoms with Gasteiger partial charge in [-0.15, -0.1) is 22.7 Å². The summed E-state index contributed by atoms with van der Waals surface area (Å²) in [6.07, 6.45) is 15.3. The van der Waals surface area contributed by atoms with E-state index in [0.29, 0.717) is 11.8 Å². The van der Waals surface area contributed by atoms with Gasteiger partial charge < -0.3 is 74.4 Å². The summed E-state index contributed by atoms with van der Waals surface area (Å²) in [5.74, 6) is 0.00376. The third-order valence-electron chi connectivity index (χ3n) is 27.8. The number of benzene rings is 6. The van der Waals surface area contributed by atoms with Gasteiger partial charge in [-0.05, 0) is 282 Å². The van der Waals surface area contributed by atoms with Crippen LogP contribution in [0.4, 0.5) is 22.7 Å². The molecule has 8 atom stereocenters. The molecule has 0 bridgehead atoms. The second kappa shape index (κ2) is 47.7. The van der Waals surface area contributed by atoms with Crippen LogP contribution in [0.2, 0.25) is 0 Å². The number of carbonyl (C=O) groups excluding carboxylic acids is 7. The SMILES string of the molecule is CC(=O)O[C@@H]1C[C@@H](C(=O)N[C@@H](C)c2ccc(-c3scnc3C)cc2)N(C(=O)[C@@H](NC(=O)CN2CCC(CCN(c3ccc(-n4ccnc4)c(Br)c3)c3cc(-c4c(C)noc4C)ccc3C)CC2)C(C)(C)C)C1.Cc1ccc(-c2c(C)noc2C)cc1N(CCC1CCN(CC(=O)N[C@H](C(=O)N2C[C@H](O)C[C@H]2C(=O)N[C@@H](C)c2ccc(-c3scnc3C)cc2)C(C)(C)C)CC1)c1ccc(-n2ccnc2)c(Br)c1.[Li+].[OH-]. The van der Waals surface area contributed by atoms with Gasteiger partial charge in [-0.1, -0.05) is 125 Å². The number of aryl methyl sites for hydroxylation is 8. The van der Waals surface area contributed by atoms with Gasteiger partial charge in [0.25, 0.3) is 0 Å². The molecule has 752 valence electrons. The molecule has 4 aliphatic heterocycles. The number of hydrogen-bond acceptors (Lipinski definition) is 24. The number of aromatic nitrogens is 8. The molecule has 16 rings (SSSR count). The van der Waals surface area contributed by atoms with Gasteiger partial charge in [0.15, 0.2) is 0 Å². The molecule has 0 radical (unpaired) electrons. The molecule has 6 aromatic heterocycles. The molecule has 0 saturated carbocycles. The topological polar surface area (TPSA) is 360 Å². The maximum Gasteiger partial charge on any atom is 1.00 e. The van der Waals surface area contributed by atoms with Crippen LogP contribution in [0.25, 0.3) is 54.5 Å². The number of hydrogen-bond donors (Lipinski definition) is 5. The first-order valence-corrected chi connectivity index (χ1v) is 51.9. The molecule has 4 aliphatic rings. The van der Waals surface area contributed by atoms with Crippen LogP contribution in [-0.2, 0) is 38.3 Å². The van der Waals surface area contributed by atoms with E-state index >= 15 is 0 Å². The molecule has 6 amide bonds. The maximum atomic E-state index is 14.6. The van der Waals surface area contributed by atoms with Crippen molar-refractivity contribution in [3.05, 3.63) is 235 Å². The van der Waals surface area contributed by atoms with Crippen LogP contribution in [0.3, 0.4) is 0 Å². The average Bonchev–Trinajstić information content (AvgIpc) is 1.75. The molecule has 143 heavy (non-hydrogen) atoms. The van der Waals surface area contributed by atoms with E-state index in [2.05, 4.69) is 190 Å². The monoisotopic (exact) mass is 2100 g/mol. The molecule has 6 N–H and O–H groups in total. The Kier molecular flexibility index (Phi) is 36.3. The number of aliphatic hydroxyl groups is 1. The van der Waals surface area contributed by atoms with Crippen LogP contribution >= 0.6 is 54.5 Å². The van der Waals surface area contributed by atoms with Gasteiger partial charge in [0.2, 0.25) is 35.4 Å². The van der Waals surface area contributed by atoms with Crippen molar-refractivity contribution in [1.29, 1.82) is 0 Å². The number of ether oxygens (including phenoxy) is 1. The summed E-state index contributed by atoms with van der Waals surface area (Å²) >= 11 is 10.9. The third kappa shape index (κ3) is 26.3. The Bertz CT molecular complexity index is 6380. The first kappa shape index (κ1) is 109. The van der Waals surface area contributed by atoms with E-state index in [0.717, 1.165) is 221 Å². The summed E-state index contributed by atoms with van der Waals surface area (Å²) in [5, 5.41) is 31.6. The molecule has 6 aromatic carbocycles. The van der Waals surface area contributed by atoms with E-state index in [1.165, 1.54) is 16.7 Å². The Balaban J connectivity index is 0.000000237. The first-order valence-electron chi connectivity index (χ1n) is 48.6. The fourth-order valence-electron chi connectivity index (χ4n) is 19.9. The number of nitrogens with zero attached hydrogens (tertiary/aromatic N) is 14. The fourth-order valence-corrected chi connectivity index (χ4v) is 22.6. The Morgan fingerprint density at radius 2 is 0.909 bits per heavy atom. The summed E-state index contributed by atoms with van der Waals surface area (Å²) in [6, 6.07) is 37.6. The summed E-state index contributed by atoms with van der Waals surface area (Å²) < 4.78 is 22.6. The van der Waals surface area contributed by atoms with E-state index in [1.807, 2.05) is 178 Å². The Morgan fingerprint density at radius 1 is 0.517 bits per heavy atom. The molecule has 0 unspecified atom stereocenters. The van der Waals surface area contributed by atoms with Crippen LogP contribution < -0.4 is 49.9 Å². The van der Waals surface area contributed by atoms with Crippen LogP contribution in [0, 0.1) is 78.1 Å². The van der Waals surface area contributed by atoms with Crippen molar-refractivity contribution < 1.29 is 76.8 Å². The van der Waals surface area contributed by atoms with Crippen LogP contribution in [0.15, 0.2) is 188 Å². The molecular weight excluding hydrogens is 1970 g/mol. The van der Waals surface area contributed by atoms with Crippen molar-refractivity contribution in [2.45, 2.75) is 218 Å².